The van der Waals surface area contributed by atoms with Crippen LogP contribution >= 0.6 is 0 Å². The second-order valence-electron chi connectivity index (χ2n) is 5.12. The van der Waals surface area contributed by atoms with E-state index in [1.807, 2.05) is 30.3 Å². The Morgan fingerprint density at radius 2 is 1.86 bits per heavy atom. The van der Waals surface area contributed by atoms with E-state index in [1.165, 1.54) is 0 Å². The fourth-order valence-electron chi connectivity index (χ4n) is 2.42. The largest absolute Gasteiger partial charge is 0.506 e. The molecule has 1 aliphatic rings. The summed E-state index contributed by atoms with van der Waals surface area (Å²) in [6.07, 6.45) is -1.65. The van der Waals surface area contributed by atoms with Crippen molar-refractivity contribution in [2.24, 2.45) is 0 Å². The first-order valence-corrected chi connectivity index (χ1v) is 6.96. The van der Waals surface area contributed by atoms with Crippen LogP contribution in [0.25, 0.3) is 0 Å². The topological polar surface area (TPSA) is 87.1 Å². The molecular formula is C15H19NO5. The van der Waals surface area contributed by atoms with E-state index < -0.39 is 12.3 Å². The highest BCUT2D eigenvalue weighted by Gasteiger charge is 2.30. The Bertz CT molecular complexity index is 482. The number of rotatable bonds is 4. The number of ether oxygens (including phenoxy) is 1. The van der Waals surface area contributed by atoms with E-state index in [9.17, 15) is 14.7 Å². The van der Waals surface area contributed by atoms with Gasteiger partial charge in [0.15, 0.2) is 6.10 Å². The van der Waals surface area contributed by atoms with Crippen LogP contribution in [0.3, 0.4) is 0 Å². The van der Waals surface area contributed by atoms with Crippen molar-refractivity contribution in [1.29, 1.82) is 0 Å². The molecule has 0 aromatic heterocycles. The average molecular weight is 293 g/mol. The van der Waals surface area contributed by atoms with Gasteiger partial charge in [-0.1, -0.05) is 30.3 Å². The molecule has 6 nitrogen and oxygen atoms in total. The summed E-state index contributed by atoms with van der Waals surface area (Å²) in [6, 6.07) is 9.16. The summed E-state index contributed by atoms with van der Waals surface area (Å²) in [5.41, 5.74) is 0.842. The van der Waals surface area contributed by atoms with Gasteiger partial charge in [-0.3, -0.25) is 4.79 Å². The maximum absolute atomic E-state index is 12.4. The van der Waals surface area contributed by atoms with Crippen LogP contribution in [0.4, 0.5) is 4.79 Å². The third-order valence-electron chi connectivity index (χ3n) is 3.56. The summed E-state index contributed by atoms with van der Waals surface area (Å²) >= 11 is 0. The molecule has 1 amide bonds. The van der Waals surface area contributed by atoms with Gasteiger partial charge in [-0.15, -0.1) is 0 Å². The standard InChI is InChI=1S/C15H19NO5/c17-12-6-8-16(9-7-12)14(18)13(21-15(19)20)10-11-4-2-1-3-5-11/h1-5,12-13,17H,6-10H2,(H,19,20)/t13-/m0/s1. The molecule has 1 saturated heterocycles. The third-order valence-corrected chi connectivity index (χ3v) is 3.56. The summed E-state index contributed by atoms with van der Waals surface area (Å²) in [6.45, 7) is 0.850. The van der Waals surface area contributed by atoms with Gasteiger partial charge in [0.2, 0.25) is 0 Å². The molecule has 21 heavy (non-hydrogen) atoms. The van der Waals surface area contributed by atoms with E-state index >= 15 is 0 Å². The van der Waals surface area contributed by atoms with E-state index in [0.717, 1.165) is 5.56 Å². The van der Waals surface area contributed by atoms with E-state index in [0.29, 0.717) is 25.9 Å². The number of benzene rings is 1. The monoisotopic (exact) mass is 293 g/mol. The molecule has 1 aliphatic heterocycles. The second kappa shape index (κ2) is 7.08. The second-order valence-corrected chi connectivity index (χ2v) is 5.12. The number of aliphatic hydroxyl groups is 1. The average Bonchev–Trinajstić information content (AvgIpc) is 2.47. The minimum Gasteiger partial charge on any atom is -0.450 e. The molecule has 1 fully saturated rings. The van der Waals surface area contributed by atoms with Gasteiger partial charge in [0.1, 0.15) is 0 Å². The van der Waals surface area contributed by atoms with Gasteiger partial charge in [-0.2, -0.15) is 0 Å². The van der Waals surface area contributed by atoms with Crippen LogP contribution in [0.15, 0.2) is 30.3 Å². The zero-order chi connectivity index (χ0) is 15.2. The highest BCUT2D eigenvalue weighted by atomic mass is 16.7. The van der Waals surface area contributed by atoms with Crippen LogP contribution in [0, 0.1) is 0 Å². The van der Waals surface area contributed by atoms with Crippen LogP contribution in [0.1, 0.15) is 18.4 Å². The summed E-state index contributed by atoms with van der Waals surface area (Å²) in [5, 5.41) is 18.3. The minimum atomic E-state index is -1.46. The van der Waals surface area contributed by atoms with Crippen molar-refractivity contribution < 1.29 is 24.5 Å². The maximum Gasteiger partial charge on any atom is 0.506 e. The molecule has 0 aliphatic carbocycles. The highest BCUT2D eigenvalue weighted by molar-refractivity contribution is 5.83. The summed E-state index contributed by atoms with van der Waals surface area (Å²) < 4.78 is 4.76. The van der Waals surface area contributed by atoms with Crippen molar-refractivity contribution in [3.63, 3.8) is 0 Å². The Morgan fingerprint density at radius 1 is 1.24 bits per heavy atom. The van der Waals surface area contributed by atoms with Crippen LogP contribution in [-0.2, 0) is 16.0 Å². The number of likely N-dealkylation sites (tertiary alicyclic amines) is 1. The van der Waals surface area contributed by atoms with Gasteiger partial charge < -0.3 is 19.8 Å². The minimum absolute atomic E-state index is 0.213. The molecule has 2 N–H and O–H groups in total. The number of piperidine rings is 1. The lowest BCUT2D eigenvalue weighted by Gasteiger charge is -2.31. The van der Waals surface area contributed by atoms with E-state index in [1.54, 1.807) is 4.90 Å². The Morgan fingerprint density at radius 3 is 2.43 bits per heavy atom. The number of carboxylic acid groups (broad SMARTS) is 1. The number of amides is 1. The maximum atomic E-state index is 12.4. The van der Waals surface area contributed by atoms with Crippen molar-refractivity contribution in [1.82, 2.24) is 4.90 Å². The molecule has 1 aromatic carbocycles. The van der Waals surface area contributed by atoms with Crippen LogP contribution in [-0.4, -0.2) is 52.5 Å². The van der Waals surface area contributed by atoms with Gasteiger partial charge in [0, 0.05) is 19.5 Å². The lowest BCUT2D eigenvalue weighted by Crippen LogP contribution is -2.46. The first-order chi connectivity index (χ1) is 10.1. The van der Waals surface area contributed by atoms with Gasteiger partial charge in [-0.25, -0.2) is 4.79 Å². The normalized spacial score (nSPS) is 17.3. The van der Waals surface area contributed by atoms with E-state index in [4.69, 9.17) is 9.84 Å². The number of aliphatic hydroxyl groups excluding tert-OH is 1. The quantitative estimate of drug-likeness (QED) is 0.816. The molecular weight excluding hydrogens is 274 g/mol. The third kappa shape index (κ3) is 4.46. The van der Waals surface area contributed by atoms with Gasteiger partial charge in [0.05, 0.1) is 6.10 Å². The molecule has 1 atom stereocenters. The van der Waals surface area contributed by atoms with E-state index in [2.05, 4.69) is 0 Å². The Balaban J connectivity index is 2.04. The smallest absolute Gasteiger partial charge is 0.450 e. The molecule has 0 saturated carbocycles. The zero-order valence-electron chi connectivity index (χ0n) is 11.6. The highest BCUT2D eigenvalue weighted by Crippen LogP contribution is 2.15. The zero-order valence-corrected chi connectivity index (χ0v) is 11.6. The predicted molar refractivity (Wildman–Crippen MR) is 74.9 cm³/mol. The van der Waals surface area contributed by atoms with Gasteiger partial charge in [-0.05, 0) is 18.4 Å². The Labute approximate surface area is 122 Å². The van der Waals surface area contributed by atoms with Crippen molar-refractivity contribution >= 4 is 12.1 Å². The molecule has 2 rings (SSSR count). The molecule has 1 heterocycles. The Kier molecular flexibility index (Phi) is 5.16. The van der Waals surface area contributed by atoms with Crippen LogP contribution in [0.2, 0.25) is 0 Å². The predicted octanol–water partition coefficient (Wildman–Crippen LogP) is 1.28. The number of hydrogen-bond acceptors (Lipinski definition) is 4. The number of carbonyl (C=O) groups excluding carboxylic acids is 1. The number of carbonyl (C=O) groups is 2. The first-order valence-electron chi connectivity index (χ1n) is 6.96. The van der Waals surface area contributed by atoms with Crippen molar-refractivity contribution in [2.75, 3.05) is 13.1 Å². The van der Waals surface area contributed by atoms with Gasteiger partial charge >= 0.3 is 6.16 Å². The van der Waals surface area contributed by atoms with Crippen molar-refractivity contribution in [2.45, 2.75) is 31.5 Å². The number of hydrogen-bond donors (Lipinski definition) is 2. The first kappa shape index (κ1) is 15.3. The lowest BCUT2D eigenvalue weighted by molar-refractivity contribution is -0.143. The summed E-state index contributed by atoms with van der Waals surface area (Å²) in [5.74, 6) is -0.340. The molecule has 114 valence electrons. The number of nitrogens with zero attached hydrogens (tertiary/aromatic N) is 1. The molecule has 6 heteroatoms. The summed E-state index contributed by atoms with van der Waals surface area (Å²) in [7, 11) is 0. The molecule has 0 bridgehead atoms. The fraction of sp³-hybridized carbons (Fsp3) is 0.467. The molecule has 0 radical (unpaired) electrons. The lowest BCUT2D eigenvalue weighted by atomic mass is 10.0. The molecule has 0 spiro atoms. The van der Waals surface area contributed by atoms with Gasteiger partial charge in [0.25, 0.3) is 5.91 Å². The van der Waals surface area contributed by atoms with Crippen molar-refractivity contribution in [3.8, 4) is 0 Å². The fourth-order valence-corrected chi connectivity index (χ4v) is 2.42. The SMILES string of the molecule is O=C(O)O[C@@H](Cc1ccccc1)C(=O)N1CCC(O)CC1. The molecule has 1 aromatic rings. The summed E-state index contributed by atoms with van der Waals surface area (Å²) in [4.78, 5) is 24.8. The van der Waals surface area contributed by atoms with E-state index in [-0.39, 0.29) is 18.4 Å². The molecule has 0 unspecified atom stereocenters. The Hall–Kier alpha value is -2.08. The van der Waals surface area contributed by atoms with Crippen LogP contribution in [0.5, 0.6) is 0 Å². The van der Waals surface area contributed by atoms with Crippen LogP contribution < -0.4 is 0 Å². The van der Waals surface area contributed by atoms with Crippen molar-refractivity contribution in [3.05, 3.63) is 35.9 Å².